The highest BCUT2D eigenvalue weighted by Gasteiger charge is 2.33. The lowest BCUT2D eigenvalue weighted by molar-refractivity contribution is -0.144. The van der Waals surface area contributed by atoms with Crippen molar-refractivity contribution in [3.05, 3.63) is 0 Å². The number of aliphatic hydroxyl groups is 1. The quantitative estimate of drug-likeness (QED) is 0.106. The van der Waals surface area contributed by atoms with Crippen LogP contribution in [0.4, 0.5) is 0 Å². The number of hydrogen-bond acceptors (Lipinski definition) is 9. The fourth-order valence-corrected chi connectivity index (χ4v) is 2.98. The Bertz CT molecular complexity index is 734. The summed E-state index contributed by atoms with van der Waals surface area (Å²) in [7, 11) is 0. The van der Waals surface area contributed by atoms with Crippen molar-refractivity contribution in [3.63, 3.8) is 0 Å². The molecule has 33 heavy (non-hydrogen) atoms. The molecule has 0 aromatic rings. The van der Waals surface area contributed by atoms with Crippen LogP contribution < -0.4 is 27.4 Å². The van der Waals surface area contributed by atoms with Gasteiger partial charge in [-0.25, -0.2) is 4.79 Å². The smallest absolute Gasteiger partial charge is 0.326 e. The lowest BCUT2D eigenvalue weighted by Crippen LogP contribution is -2.60. The number of thioether (sulfide) groups is 1. The van der Waals surface area contributed by atoms with E-state index >= 15 is 0 Å². The molecule has 4 amide bonds. The van der Waals surface area contributed by atoms with Crippen LogP contribution in [0.15, 0.2) is 0 Å². The van der Waals surface area contributed by atoms with E-state index in [1.165, 1.54) is 11.8 Å². The number of carboxylic acid groups (broad SMARTS) is 2. The summed E-state index contributed by atoms with van der Waals surface area (Å²) in [5, 5.41) is 34.7. The molecule has 0 fully saturated rings. The number of aliphatic carboxylic acids is 2. The second kappa shape index (κ2) is 15.0. The summed E-state index contributed by atoms with van der Waals surface area (Å²) in [5.74, 6) is -6.14. The summed E-state index contributed by atoms with van der Waals surface area (Å²) in [6, 6.07) is -5.84. The van der Waals surface area contributed by atoms with E-state index in [-0.39, 0.29) is 19.3 Å². The first kappa shape index (κ1) is 30.1. The molecule has 0 bridgehead atoms. The molecule has 10 N–H and O–H groups in total. The van der Waals surface area contributed by atoms with E-state index in [1.807, 2.05) is 0 Å². The van der Waals surface area contributed by atoms with Gasteiger partial charge in [0.05, 0.1) is 18.6 Å². The Kier molecular flexibility index (Phi) is 13.7. The Balaban J connectivity index is 5.38. The van der Waals surface area contributed by atoms with E-state index < -0.39 is 72.3 Å². The van der Waals surface area contributed by atoms with Gasteiger partial charge in [0.15, 0.2) is 0 Å². The molecule has 5 atom stereocenters. The van der Waals surface area contributed by atoms with Crippen LogP contribution in [0, 0.1) is 0 Å². The number of nitrogens with one attached hydrogen (secondary N) is 3. The molecule has 0 saturated heterocycles. The second-order valence-electron chi connectivity index (χ2n) is 7.18. The summed E-state index contributed by atoms with van der Waals surface area (Å²) < 4.78 is 0. The van der Waals surface area contributed by atoms with E-state index in [2.05, 4.69) is 16.0 Å². The second-order valence-corrected chi connectivity index (χ2v) is 8.16. The maximum absolute atomic E-state index is 12.6. The zero-order valence-electron chi connectivity index (χ0n) is 18.3. The van der Waals surface area contributed by atoms with Gasteiger partial charge in [-0.15, -0.1) is 0 Å². The number of hydrogen-bond donors (Lipinski definition) is 8. The van der Waals surface area contributed by atoms with E-state index in [4.69, 9.17) is 16.6 Å². The number of amides is 4. The van der Waals surface area contributed by atoms with Gasteiger partial charge in [-0.3, -0.25) is 24.0 Å². The van der Waals surface area contributed by atoms with E-state index in [0.717, 1.165) is 6.92 Å². The maximum atomic E-state index is 12.6. The van der Waals surface area contributed by atoms with Crippen molar-refractivity contribution >= 4 is 47.3 Å². The Morgan fingerprint density at radius 2 is 1.48 bits per heavy atom. The largest absolute Gasteiger partial charge is 0.481 e. The van der Waals surface area contributed by atoms with Crippen LogP contribution in [0.5, 0.6) is 0 Å². The third-order valence-electron chi connectivity index (χ3n) is 4.34. The molecule has 15 heteroatoms. The zero-order valence-corrected chi connectivity index (χ0v) is 19.1. The van der Waals surface area contributed by atoms with Gasteiger partial charge in [-0.1, -0.05) is 0 Å². The number of carboxylic acids is 2. The first-order valence-electron chi connectivity index (χ1n) is 9.86. The van der Waals surface area contributed by atoms with Crippen LogP contribution in [-0.4, -0.2) is 93.2 Å². The molecule has 0 spiro atoms. The monoisotopic (exact) mass is 493 g/mol. The highest BCUT2D eigenvalue weighted by molar-refractivity contribution is 7.98. The molecule has 0 radical (unpaired) electrons. The lowest BCUT2D eigenvalue weighted by atomic mass is 10.1. The van der Waals surface area contributed by atoms with Gasteiger partial charge in [0.2, 0.25) is 23.6 Å². The van der Waals surface area contributed by atoms with Gasteiger partial charge in [-0.05, 0) is 31.8 Å². The van der Waals surface area contributed by atoms with Crippen LogP contribution in [0.3, 0.4) is 0 Å². The van der Waals surface area contributed by atoms with E-state index in [9.17, 15) is 39.0 Å². The van der Waals surface area contributed by atoms with Crippen molar-refractivity contribution in [2.75, 3.05) is 12.0 Å². The molecule has 0 aromatic carbocycles. The predicted octanol–water partition coefficient (Wildman–Crippen LogP) is -3.27. The fraction of sp³-hybridized carbons (Fsp3) is 0.667. The molecule has 0 saturated carbocycles. The van der Waals surface area contributed by atoms with Crippen molar-refractivity contribution in [1.82, 2.24) is 16.0 Å². The Labute approximate surface area is 194 Å². The molecule has 188 valence electrons. The maximum Gasteiger partial charge on any atom is 0.326 e. The molecule has 0 heterocycles. The molecule has 0 aliphatic rings. The summed E-state index contributed by atoms with van der Waals surface area (Å²) in [5.41, 5.74) is 10.6. The SMILES string of the molecule is CSCCC(NC(=O)C(CC(=O)O)NC(=O)C(NC(=O)C(N)CCC(N)=O)C(C)O)C(=O)O. The third kappa shape index (κ3) is 12.1. The van der Waals surface area contributed by atoms with Crippen molar-refractivity contribution < 1.29 is 44.1 Å². The number of primary amides is 1. The average molecular weight is 494 g/mol. The van der Waals surface area contributed by atoms with Crippen molar-refractivity contribution in [3.8, 4) is 0 Å². The number of carbonyl (C=O) groups excluding carboxylic acids is 4. The first-order valence-corrected chi connectivity index (χ1v) is 11.3. The molecule has 0 aliphatic heterocycles. The lowest BCUT2D eigenvalue weighted by Gasteiger charge is -2.26. The topological polar surface area (TPSA) is 251 Å². The zero-order chi connectivity index (χ0) is 25.7. The number of aliphatic hydroxyl groups excluding tert-OH is 1. The normalized spacial score (nSPS) is 15.3. The molecule has 0 aliphatic carbocycles. The van der Waals surface area contributed by atoms with Gasteiger partial charge < -0.3 is 42.7 Å². The minimum Gasteiger partial charge on any atom is -0.481 e. The average Bonchev–Trinajstić information content (AvgIpc) is 2.71. The molecule has 14 nitrogen and oxygen atoms in total. The molecular formula is C18H31N5O9S. The van der Waals surface area contributed by atoms with Crippen molar-refractivity contribution in [2.24, 2.45) is 11.5 Å². The fourth-order valence-electron chi connectivity index (χ4n) is 2.51. The molecular weight excluding hydrogens is 462 g/mol. The summed E-state index contributed by atoms with van der Waals surface area (Å²) in [6.45, 7) is 1.16. The molecule has 0 rings (SSSR count). The highest BCUT2D eigenvalue weighted by Crippen LogP contribution is 2.04. The first-order chi connectivity index (χ1) is 15.3. The highest BCUT2D eigenvalue weighted by atomic mass is 32.2. The van der Waals surface area contributed by atoms with Gasteiger partial charge in [0.25, 0.3) is 0 Å². The minimum absolute atomic E-state index is 0.0610. The molecule has 5 unspecified atom stereocenters. The van der Waals surface area contributed by atoms with Crippen LogP contribution in [-0.2, 0) is 28.8 Å². The number of nitrogens with two attached hydrogens (primary N) is 2. The summed E-state index contributed by atoms with van der Waals surface area (Å²) in [4.78, 5) is 70.6. The minimum atomic E-state index is -1.69. The molecule has 0 aromatic heterocycles. The van der Waals surface area contributed by atoms with Gasteiger partial charge in [-0.2, -0.15) is 11.8 Å². The predicted molar refractivity (Wildman–Crippen MR) is 117 cm³/mol. The summed E-state index contributed by atoms with van der Waals surface area (Å²) >= 11 is 1.34. The van der Waals surface area contributed by atoms with Crippen LogP contribution >= 0.6 is 11.8 Å². The number of rotatable bonds is 16. The van der Waals surface area contributed by atoms with Crippen LogP contribution in [0.25, 0.3) is 0 Å². The Morgan fingerprint density at radius 1 is 0.909 bits per heavy atom. The standard InChI is InChI=1S/C18H31N5O9S/c1-8(24)14(23-15(28)9(19)3-4-12(20)25)17(30)22-11(7-13(26)27)16(29)21-10(18(31)32)5-6-33-2/h8-11,14,24H,3-7,19H2,1-2H3,(H2,20,25)(H,21,29)(H,22,30)(H,23,28)(H,26,27)(H,31,32). The van der Waals surface area contributed by atoms with Crippen LogP contribution in [0.2, 0.25) is 0 Å². The summed E-state index contributed by atoms with van der Waals surface area (Å²) in [6.07, 6.45) is -0.873. The van der Waals surface area contributed by atoms with Crippen molar-refractivity contribution in [1.29, 1.82) is 0 Å². The van der Waals surface area contributed by atoms with Gasteiger partial charge in [0, 0.05) is 6.42 Å². The Morgan fingerprint density at radius 3 is 1.94 bits per heavy atom. The van der Waals surface area contributed by atoms with E-state index in [0.29, 0.717) is 5.75 Å². The third-order valence-corrected chi connectivity index (χ3v) is 4.98. The van der Waals surface area contributed by atoms with Crippen LogP contribution in [0.1, 0.15) is 32.6 Å². The van der Waals surface area contributed by atoms with Gasteiger partial charge in [0.1, 0.15) is 18.1 Å². The Hall–Kier alpha value is -2.91. The number of carbonyl (C=O) groups is 6. The van der Waals surface area contributed by atoms with Crippen molar-refractivity contribution in [2.45, 2.75) is 62.9 Å². The van der Waals surface area contributed by atoms with Gasteiger partial charge >= 0.3 is 11.9 Å². The van der Waals surface area contributed by atoms with E-state index in [1.54, 1.807) is 6.26 Å².